The zero-order valence-electron chi connectivity index (χ0n) is 38.4. The molecule has 1 aliphatic carbocycles. The fourth-order valence-electron chi connectivity index (χ4n) is 9.98. The Morgan fingerprint density at radius 1 is 0.706 bits per heavy atom. The summed E-state index contributed by atoms with van der Waals surface area (Å²) in [6, 6.07) is 28.7. The number of likely N-dealkylation sites (N-methyl/N-ethyl adjacent to an activating group) is 1. The van der Waals surface area contributed by atoms with Crippen molar-refractivity contribution >= 4 is 64.0 Å². The van der Waals surface area contributed by atoms with Gasteiger partial charge in [-0.1, -0.05) is 36.4 Å². The lowest BCUT2D eigenvalue weighted by molar-refractivity contribution is -0.157. The van der Waals surface area contributed by atoms with Gasteiger partial charge in [0.05, 0.1) is 48.8 Å². The molecular weight excluding hydrogens is 867 g/mol. The fraction of sp³-hybridized carbons (Fsp3) is 0.321. The molecule has 0 radical (unpaired) electrons. The minimum Gasteiger partial charge on any atom is -0.493 e. The molecule has 68 heavy (non-hydrogen) atoms. The number of amides is 2. The van der Waals surface area contributed by atoms with E-state index in [1.54, 1.807) is 30.2 Å². The molecule has 0 N–H and O–H groups in total. The van der Waals surface area contributed by atoms with Crippen LogP contribution >= 0.6 is 0 Å². The summed E-state index contributed by atoms with van der Waals surface area (Å²) in [6.45, 7) is 1.31. The van der Waals surface area contributed by atoms with Crippen LogP contribution < -0.4 is 38.5 Å². The van der Waals surface area contributed by atoms with Gasteiger partial charge in [0, 0.05) is 88.3 Å². The molecule has 2 amide bonds. The molecule has 1 saturated carbocycles. The van der Waals surface area contributed by atoms with Crippen molar-refractivity contribution in [2.24, 2.45) is 4.99 Å². The van der Waals surface area contributed by atoms with E-state index in [0.717, 1.165) is 51.4 Å². The quantitative estimate of drug-likeness (QED) is 0.0815. The number of esters is 1. The smallest absolute Gasteiger partial charge is 0.307 e. The van der Waals surface area contributed by atoms with E-state index >= 15 is 0 Å². The number of carbonyl (C=O) groups excluding carboxylic acids is 5. The van der Waals surface area contributed by atoms with Gasteiger partial charge in [-0.3, -0.25) is 33.9 Å². The van der Waals surface area contributed by atoms with E-state index in [4.69, 9.17) is 28.7 Å². The first-order valence-electron chi connectivity index (χ1n) is 22.8. The van der Waals surface area contributed by atoms with Gasteiger partial charge in [-0.25, -0.2) is 0 Å². The number of benzene rings is 5. The van der Waals surface area contributed by atoms with E-state index in [1.165, 1.54) is 7.11 Å². The summed E-state index contributed by atoms with van der Waals surface area (Å²) in [4.78, 5) is 77.7. The van der Waals surface area contributed by atoms with Gasteiger partial charge in [0.1, 0.15) is 13.2 Å². The van der Waals surface area contributed by atoms with Crippen molar-refractivity contribution in [3.05, 3.63) is 124 Å². The predicted molar refractivity (Wildman–Crippen MR) is 256 cm³/mol. The molecule has 4 aliphatic heterocycles. The van der Waals surface area contributed by atoms with Crippen molar-refractivity contribution in [1.82, 2.24) is 0 Å². The molecule has 4 heterocycles. The Hall–Kier alpha value is -7.68. The Morgan fingerprint density at radius 3 is 1.99 bits per heavy atom. The Labute approximate surface area is 393 Å². The number of para-hydroxylation sites is 2. The number of ether oxygens (including phenoxy) is 5. The normalized spacial score (nSPS) is 18.0. The molecular formula is C53H51N5O10. The molecule has 10 rings (SSSR count). The molecule has 1 fully saturated rings. The van der Waals surface area contributed by atoms with Crippen LogP contribution in [-0.2, 0) is 45.2 Å². The lowest BCUT2D eigenvalue weighted by atomic mass is 10.1. The van der Waals surface area contributed by atoms with Crippen LogP contribution in [0.5, 0.6) is 23.0 Å². The summed E-state index contributed by atoms with van der Waals surface area (Å²) in [5, 5.41) is 0. The van der Waals surface area contributed by atoms with E-state index in [0.29, 0.717) is 65.7 Å². The second kappa shape index (κ2) is 18.2. The topological polar surface area (TPSA) is 157 Å². The lowest BCUT2D eigenvalue weighted by Gasteiger charge is -2.25. The highest BCUT2D eigenvalue weighted by Crippen LogP contribution is 2.44. The minimum atomic E-state index is -1.30. The van der Waals surface area contributed by atoms with Crippen LogP contribution in [0, 0.1) is 0 Å². The Balaban J connectivity index is 0.902. The molecule has 0 bridgehead atoms. The van der Waals surface area contributed by atoms with Gasteiger partial charge >= 0.3 is 5.97 Å². The number of fused-ring (bicyclic) bond motifs is 8. The Morgan fingerprint density at radius 2 is 1.31 bits per heavy atom. The second-order valence-corrected chi connectivity index (χ2v) is 17.8. The first-order chi connectivity index (χ1) is 33.0. The van der Waals surface area contributed by atoms with Crippen molar-refractivity contribution in [3.63, 3.8) is 0 Å². The van der Waals surface area contributed by atoms with Crippen LogP contribution in [0.1, 0.15) is 68.7 Å². The number of aliphatic imine (C=N–C) groups is 1. The van der Waals surface area contributed by atoms with Crippen LogP contribution in [0.15, 0.2) is 96.0 Å². The van der Waals surface area contributed by atoms with Gasteiger partial charge in [-0.2, -0.15) is 0 Å². The Bertz CT molecular complexity index is 2900. The predicted octanol–water partition coefficient (Wildman–Crippen LogP) is 7.23. The van der Waals surface area contributed by atoms with Gasteiger partial charge < -0.3 is 38.4 Å². The Kier molecular flexibility index (Phi) is 11.8. The number of carbonyl (C=O) groups is 5. The first-order valence-corrected chi connectivity index (χ1v) is 22.8. The minimum absolute atomic E-state index is 0.0174. The van der Waals surface area contributed by atoms with Crippen molar-refractivity contribution in [3.8, 4) is 23.0 Å². The number of anilines is 4. The first kappa shape index (κ1) is 44.2. The van der Waals surface area contributed by atoms with E-state index in [-0.39, 0.29) is 67.9 Å². The molecule has 2 atom stereocenters. The number of rotatable bonds is 14. The largest absolute Gasteiger partial charge is 0.493 e. The highest BCUT2D eigenvalue weighted by Gasteiger charge is 2.40. The summed E-state index contributed by atoms with van der Waals surface area (Å²) in [6.07, 6.45) is 2.57. The van der Waals surface area contributed by atoms with Gasteiger partial charge in [-0.15, -0.1) is 0 Å². The van der Waals surface area contributed by atoms with Crippen LogP contribution in [0.25, 0.3) is 0 Å². The monoisotopic (exact) mass is 917 g/mol. The molecule has 5 aliphatic rings. The van der Waals surface area contributed by atoms with Gasteiger partial charge in [0.25, 0.3) is 11.8 Å². The molecule has 15 heteroatoms. The third kappa shape index (κ3) is 8.26. The zero-order chi connectivity index (χ0) is 47.2. The zero-order valence-corrected chi connectivity index (χ0v) is 38.4. The summed E-state index contributed by atoms with van der Waals surface area (Å²) in [7, 11) is 6.97. The van der Waals surface area contributed by atoms with Gasteiger partial charge in [0.2, 0.25) is 6.10 Å². The number of Topliss-reactive ketones (excluding diaryl/α,β-unsaturated/α-hetero) is 2. The molecule has 5 aromatic rings. The highest BCUT2D eigenvalue weighted by atomic mass is 16.6. The van der Waals surface area contributed by atoms with Crippen LogP contribution in [0.4, 0.5) is 28.4 Å². The van der Waals surface area contributed by atoms with Crippen molar-refractivity contribution in [2.45, 2.75) is 69.9 Å². The molecule has 348 valence electrons. The fourth-order valence-corrected chi connectivity index (χ4v) is 9.98. The molecule has 0 aromatic heterocycles. The molecule has 0 saturated heterocycles. The van der Waals surface area contributed by atoms with Crippen molar-refractivity contribution in [2.75, 3.05) is 61.0 Å². The highest BCUT2D eigenvalue weighted by molar-refractivity contribution is 6.15. The summed E-state index contributed by atoms with van der Waals surface area (Å²) >= 11 is 0. The van der Waals surface area contributed by atoms with Crippen LogP contribution in [-0.4, -0.2) is 95.2 Å². The molecule has 15 nitrogen and oxygen atoms in total. The number of hydrogen-bond acceptors (Lipinski definition) is 13. The summed E-state index contributed by atoms with van der Waals surface area (Å²) in [5.74, 6) is 0.106. The maximum atomic E-state index is 14.2. The maximum absolute atomic E-state index is 14.2. The van der Waals surface area contributed by atoms with Gasteiger partial charge in [0.15, 0.2) is 34.6 Å². The van der Waals surface area contributed by atoms with E-state index in [1.807, 2.05) is 96.8 Å². The third-order valence-electron chi connectivity index (χ3n) is 13.4. The van der Waals surface area contributed by atoms with E-state index in [2.05, 4.69) is 11.0 Å². The van der Waals surface area contributed by atoms with Crippen molar-refractivity contribution < 1.29 is 47.7 Å². The van der Waals surface area contributed by atoms with Crippen molar-refractivity contribution in [1.29, 1.82) is 0 Å². The third-order valence-corrected chi connectivity index (χ3v) is 13.4. The van der Waals surface area contributed by atoms with E-state index < -0.39 is 12.1 Å². The summed E-state index contributed by atoms with van der Waals surface area (Å²) < 4.78 is 29.9. The number of nitrogens with zero attached hydrogens (tertiary/aromatic N) is 5. The maximum Gasteiger partial charge on any atom is 0.307 e. The average Bonchev–Trinajstić information content (AvgIpc) is 3.97. The van der Waals surface area contributed by atoms with Crippen LogP contribution in [0.3, 0.4) is 0 Å². The van der Waals surface area contributed by atoms with Gasteiger partial charge in [-0.05, 0) is 77.6 Å². The standard InChI is InChI=1S/C53H51N5O10/c1-55(17-9-14-50(61)68-51-44(59)15-16-45(51)60)35-19-31(29-66-48-25-40-38(23-46(48)64-3)52(62)57-36(27-54-40)21-33-10-5-7-12-41(33)57)18-32(20-35)30-67-49-26-43-39(24-47(49)65-4)53(63)58-37(28-56(43)2)22-34-11-6-8-13-42(34)58/h5-8,10-13,18-20,23-27,36-37,51H,9,14-17,21-22,28-30H2,1-4H3/t36-,37-/m0/s1. The molecule has 0 spiro atoms. The van der Waals surface area contributed by atoms with Crippen LogP contribution in [0.2, 0.25) is 0 Å². The number of methoxy groups -OCH3 is 2. The average molecular weight is 918 g/mol. The summed E-state index contributed by atoms with van der Waals surface area (Å²) in [5.41, 5.74) is 8.61. The lowest BCUT2D eigenvalue weighted by Crippen LogP contribution is -2.41. The number of hydrogen-bond donors (Lipinski definition) is 0. The molecule has 5 aromatic carbocycles. The SMILES string of the molecule is COc1cc2c(cc1OCc1cc(COc3cc4c(cc3OC)C(=O)N3c5ccccc5C[C@H]3CN4C)cc(N(C)CCCC(=O)OC3C(=O)CCC3=O)c1)N=C[C@@H]1Cc3ccccc3N1C2=O. The molecule has 0 unspecified atom stereocenters. The second-order valence-electron chi connectivity index (χ2n) is 17.8. The number of ketones is 2. The van der Waals surface area contributed by atoms with E-state index in [9.17, 15) is 24.0 Å².